The Morgan fingerprint density at radius 3 is 2.72 bits per heavy atom. The molecule has 1 aromatic heterocycles. The van der Waals surface area contributed by atoms with Gasteiger partial charge in [0.15, 0.2) is 0 Å². The molecule has 0 unspecified atom stereocenters. The van der Waals surface area contributed by atoms with Crippen LogP contribution in [0, 0.1) is 0 Å². The van der Waals surface area contributed by atoms with E-state index < -0.39 is 10.0 Å². The summed E-state index contributed by atoms with van der Waals surface area (Å²) in [5.74, 6) is 0.733. The van der Waals surface area contributed by atoms with E-state index in [1.807, 2.05) is 19.0 Å². The highest BCUT2D eigenvalue weighted by atomic mass is 32.2. The van der Waals surface area contributed by atoms with Crippen molar-refractivity contribution >= 4 is 15.8 Å². The quantitative estimate of drug-likeness (QED) is 0.792. The molecule has 6 nitrogen and oxygen atoms in total. The van der Waals surface area contributed by atoms with Gasteiger partial charge in [-0.25, -0.2) is 18.1 Å². The van der Waals surface area contributed by atoms with Crippen molar-refractivity contribution in [2.75, 3.05) is 32.1 Å². The molecule has 1 aliphatic rings. The third kappa shape index (κ3) is 2.98. The number of hydrogen-bond acceptors (Lipinski definition) is 5. The predicted octanol–water partition coefficient (Wildman–Crippen LogP) is -0.212. The van der Waals surface area contributed by atoms with Gasteiger partial charge in [-0.1, -0.05) is 0 Å². The van der Waals surface area contributed by atoms with Gasteiger partial charge in [-0.2, -0.15) is 0 Å². The van der Waals surface area contributed by atoms with Crippen molar-refractivity contribution < 1.29 is 8.42 Å². The molecule has 2 N–H and O–H groups in total. The summed E-state index contributed by atoms with van der Waals surface area (Å²) >= 11 is 0. The number of pyridine rings is 1. The van der Waals surface area contributed by atoms with Crippen LogP contribution in [-0.4, -0.2) is 46.6 Å². The molecule has 1 saturated heterocycles. The fourth-order valence-corrected chi connectivity index (χ4v) is 3.05. The zero-order valence-electron chi connectivity index (χ0n) is 10.5. The zero-order valence-corrected chi connectivity index (χ0v) is 11.4. The Balaban J connectivity index is 2.13. The number of anilines is 1. The number of rotatable bonds is 4. The highest BCUT2D eigenvalue weighted by Gasteiger charge is 2.22. The van der Waals surface area contributed by atoms with Gasteiger partial charge in [-0.3, -0.25) is 0 Å². The van der Waals surface area contributed by atoms with E-state index in [4.69, 9.17) is 0 Å². The Labute approximate surface area is 107 Å². The second-order valence-corrected chi connectivity index (χ2v) is 6.27. The molecule has 0 spiro atoms. The molecule has 1 atom stereocenters. The summed E-state index contributed by atoms with van der Waals surface area (Å²) < 4.78 is 26.8. The maximum absolute atomic E-state index is 12.1. The van der Waals surface area contributed by atoms with Crippen molar-refractivity contribution in [2.45, 2.75) is 17.4 Å². The van der Waals surface area contributed by atoms with Crippen LogP contribution in [0.3, 0.4) is 0 Å². The SMILES string of the molecule is CN(C)c1ccc(S(=O)(=O)N[C@H]2CCNC2)cn1. The third-order valence-electron chi connectivity index (χ3n) is 2.87. The Hall–Kier alpha value is -1.18. The van der Waals surface area contributed by atoms with Crippen LogP contribution in [0.5, 0.6) is 0 Å². The first-order valence-electron chi connectivity index (χ1n) is 5.85. The molecule has 100 valence electrons. The minimum absolute atomic E-state index is 0.0245. The summed E-state index contributed by atoms with van der Waals surface area (Å²) in [7, 11) is 0.263. The van der Waals surface area contributed by atoms with Crippen LogP contribution in [-0.2, 0) is 10.0 Å². The summed E-state index contributed by atoms with van der Waals surface area (Å²) in [5.41, 5.74) is 0. The molecule has 2 rings (SSSR count). The summed E-state index contributed by atoms with van der Waals surface area (Å²) in [6, 6.07) is 3.25. The van der Waals surface area contributed by atoms with Crippen molar-refractivity contribution in [3.63, 3.8) is 0 Å². The average molecular weight is 270 g/mol. The standard InChI is InChI=1S/C11H18N4O2S/c1-15(2)11-4-3-10(8-13-11)18(16,17)14-9-5-6-12-7-9/h3-4,8-9,12,14H,5-7H2,1-2H3/t9-/m0/s1. The molecule has 0 aromatic carbocycles. The van der Waals surface area contributed by atoms with Crippen LogP contribution < -0.4 is 14.9 Å². The number of nitrogens with one attached hydrogen (secondary N) is 2. The Kier molecular flexibility index (Phi) is 3.84. The summed E-state index contributed by atoms with van der Waals surface area (Å²) in [4.78, 5) is 6.14. The lowest BCUT2D eigenvalue weighted by molar-refractivity contribution is 0.560. The van der Waals surface area contributed by atoms with E-state index in [2.05, 4.69) is 15.0 Å². The van der Waals surface area contributed by atoms with Crippen molar-refractivity contribution in [2.24, 2.45) is 0 Å². The number of nitrogens with zero attached hydrogens (tertiary/aromatic N) is 2. The Bertz CT molecular complexity index is 492. The molecule has 18 heavy (non-hydrogen) atoms. The molecule has 0 bridgehead atoms. The second-order valence-electron chi connectivity index (χ2n) is 4.56. The Morgan fingerprint density at radius 1 is 1.44 bits per heavy atom. The molecule has 1 aliphatic heterocycles. The normalized spacial score (nSPS) is 20.0. The van der Waals surface area contributed by atoms with Gasteiger partial charge < -0.3 is 10.2 Å². The number of aromatic nitrogens is 1. The van der Waals surface area contributed by atoms with Crippen LogP contribution in [0.4, 0.5) is 5.82 Å². The van der Waals surface area contributed by atoms with E-state index in [1.54, 1.807) is 12.1 Å². The van der Waals surface area contributed by atoms with Crippen LogP contribution in [0.1, 0.15) is 6.42 Å². The van der Waals surface area contributed by atoms with Crippen molar-refractivity contribution in [1.82, 2.24) is 15.0 Å². The highest BCUT2D eigenvalue weighted by Crippen LogP contribution is 2.13. The fraction of sp³-hybridized carbons (Fsp3) is 0.545. The van der Waals surface area contributed by atoms with Gasteiger partial charge in [0.2, 0.25) is 10.0 Å². The molecule has 2 heterocycles. The molecule has 0 radical (unpaired) electrons. The van der Waals surface area contributed by atoms with Gasteiger partial charge in [0.25, 0.3) is 0 Å². The molecule has 0 aliphatic carbocycles. The first-order valence-corrected chi connectivity index (χ1v) is 7.34. The molecular formula is C11H18N4O2S. The van der Waals surface area contributed by atoms with Gasteiger partial charge >= 0.3 is 0 Å². The molecule has 1 fully saturated rings. The lowest BCUT2D eigenvalue weighted by atomic mass is 10.3. The second kappa shape index (κ2) is 5.21. The largest absolute Gasteiger partial charge is 0.363 e. The maximum atomic E-state index is 12.1. The van der Waals surface area contributed by atoms with Gasteiger partial charge in [0.05, 0.1) is 0 Å². The van der Waals surface area contributed by atoms with Crippen molar-refractivity contribution in [1.29, 1.82) is 0 Å². The van der Waals surface area contributed by atoms with Crippen LogP contribution in [0.2, 0.25) is 0 Å². The summed E-state index contributed by atoms with van der Waals surface area (Å²) in [6.07, 6.45) is 2.21. The minimum Gasteiger partial charge on any atom is -0.363 e. The molecule has 1 aromatic rings. The lowest BCUT2D eigenvalue weighted by Gasteiger charge is -2.14. The van der Waals surface area contributed by atoms with Gasteiger partial charge in [0, 0.05) is 32.9 Å². The monoisotopic (exact) mass is 270 g/mol. The summed E-state index contributed by atoms with van der Waals surface area (Å²) in [6.45, 7) is 1.54. The zero-order chi connectivity index (χ0) is 13.2. The number of hydrogen-bond donors (Lipinski definition) is 2. The van der Waals surface area contributed by atoms with Crippen molar-refractivity contribution in [3.05, 3.63) is 18.3 Å². The summed E-state index contributed by atoms with van der Waals surface area (Å²) in [5, 5.41) is 3.12. The van der Waals surface area contributed by atoms with E-state index >= 15 is 0 Å². The topological polar surface area (TPSA) is 74.3 Å². The van der Waals surface area contributed by atoms with E-state index in [-0.39, 0.29) is 10.9 Å². The minimum atomic E-state index is -3.46. The van der Waals surface area contributed by atoms with Crippen LogP contribution in [0.15, 0.2) is 23.2 Å². The van der Waals surface area contributed by atoms with Gasteiger partial charge in [0.1, 0.15) is 10.7 Å². The van der Waals surface area contributed by atoms with E-state index in [0.717, 1.165) is 18.8 Å². The van der Waals surface area contributed by atoms with Gasteiger partial charge in [-0.15, -0.1) is 0 Å². The Morgan fingerprint density at radius 2 is 2.22 bits per heavy atom. The smallest absolute Gasteiger partial charge is 0.242 e. The van der Waals surface area contributed by atoms with Crippen LogP contribution >= 0.6 is 0 Å². The maximum Gasteiger partial charge on any atom is 0.242 e. The molecule has 7 heteroatoms. The highest BCUT2D eigenvalue weighted by molar-refractivity contribution is 7.89. The number of sulfonamides is 1. The van der Waals surface area contributed by atoms with Crippen molar-refractivity contribution in [3.8, 4) is 0 Å². The molecular weight excluding hydrogens is 252 g/mol. The van der Waals surface area contributed by atoms with E-state index in [0.29, 0.717) is 6.54 Å². The van der Waals surface area contributed by atoms with Gasteiger partial charge in [-0.05, 0) is 25.1 Å². The predicted molar refractivity (Wildman–Crippen MR) is 70.2 cm³/mol. The molecule has 0 saturated carbocycles. The fourth-order valence-electron chi connectivity index (χ4n) is 1.84. The molecule has 0 amide bonds. The first-order chi connectivity index (χ1) is 8.49. The van der Waals surface area contributed by atoms with E-state index in [9.17, 15) is 8.42 Å². The third-order valence-corrected chi connectivity index (χ3v) is 4.38. The van der Waals surface area contributed by atoms with E-state index in [1.165, 1.54) is 6.20 Å². The first kappa shape index (κ1) is 13.3. The average Bonchev–Trinajstić information content (AvgIpc) is 2.81. The van der Waals surface area contributed by atoms with Crippen LogP contribution in [0.25, 0.3) is 0 Å². The lowest BCUT2D eigenvalue weighted by Crippen LogP contribution is -2.36.